The molecule has 1 saturated carbocycles. The van der Waals surface area contributed by atoms with Crippen molar-refractivity contribution in [1.82, 2.24) is 10.2 Å². The molecule has 0 amide bonds. The van der Waals surface area contributed by atoms with Gasteiger partial charge in [0.2, 0.25) is 0 Å². The second-order valence-corrected chi connectivity index (χ2v) is 3.02. The summed E-state index contributed by atoms with van der Waals surface area (Å²) < 4.78 is 0. The van der Waals surface area contributed by atoms with E-state index in [1.165, 1.54) is 12.3 Å². The quantitative estimate of drug-likeness (QED) is 0.716. The van der Waals surface area contributed by atoms with Gasteiger partial charge in [0, 0.05) is 6.04 Å². The second kappa shape index (κ2) is 3.01. The largest absolute Gasteiger partial charge is 0.478 e. The molecular formula is C8H9N3O2. The first kappa shape index (κ1) is 7.97. The number of carboxylic acids is 1. The van der Waals surface area contributed by atoms with E-state index in [9.17, 15) is 4.79 Å². The Morgan fingerprint density at radius 3 is 3.00 bits per heavy atom. The van der Waals surface area contributed by atoms with Gasteiger partial charge in [-0.2, -0.15) is 5.10 Å². The number of nitrogens with one attached hydrogen (secondary N) is 1. The van der Waals surface area contributed by atoms with Crippen molar-refractivity contribution >= 4 is 11.8 Å². The molecule has 1 aromatic rings. The highest BCUT2D eigenvalue weighted by Gasteiger charge is 2.23. The van der Waals surface area contributed by atoms with Gasteiger partial charge in [-0.25, -0.2) is 4.79 Å². The van der Waals surface area contributed by atoms with E-state index in [0.717, 1.165) is 12.8 Å². The van der Waals surface area contributed by atoms with Crippen LogP contribution in [0, 0.1) is 0 Å². The van der Waals surface area contributed by atoms with Crippen LogP contribution in [-0.4, -0.2) is 27.3 Å². The minimum atomic E-state index is -0.974. The molecule has 0 atom stereocenters. The Balaban J connectivity index is 2.25. The van der Waals surface area contributed by atoms with E-state index in [-0.39, 0.29) is 5.56 Å². The Kier molecular flexibility index (Phi) is 1.84. The lowest BCUT2D eigenvalue weighted by Gasteiger charge is -2.04. The van der Waals surface area contributed by atoms with Gasteiger partial charge in [0.25, 0.3) is 0 Å². The fourth-order valence-electron chi connectivity index (χ4n) is 1.03. The maximum absolute atomic E-state index is 10.7. The molecule has 0 saturated heterocycles. The van der Waals surface area contributed by atoms with Crippen molar-refractivity contribution in [3.05, 3.63) is 17.8 Å². The van der Waals surface area contributed by atoms with Crippen LogP contribution in [-0.2, 0) is 0 Å². The normalized spacial score (nSPS) is 15.4. The summed E-state index contributed by atoms with van der Waals surface area (Å²) in [7, 11) is 0. The standard InChI is InChI=1S/C8H9N3O2/c12-8(13)6-3-4-9-11-7(6)10-5-1-2-5/h3-5H,1-2H2,(H,10,11)(H,12,13). The highest BCUT2D eigenvalue weighted by Crippen LogP contribution is 2.24. The maximum atomic E-state index is 10.7. The number of nitrogens with zero attached hydrogens (tertiary/aromatic N) is 2. The lowest BCUT2D eigenvalue weighted by molar-refractivity contribution is 0.0697. The molecule has 2 rings (SSSR count). The number of rotatable bonds is 3. The number of carboxylic acid groups (broad SMARTS) is 1. The molecule has 0 spiro atoms. The molecule has 0 radical (unpaired) electrons. The first-order valence-electron chi connectivity index (χ1n) is 4.09. The van der Waals surface area contributed by atoms with Gasteiger partial charge >= 0.3 is 5.97 Å². The molecule has 13 heavy (non-hydrogen) atoms. The van der Waals surface area contributed by atoms with E-state index in [1.807, 2.05) is 0 Å². The minimum Gasteiger partial charge on any atom is -0.478 e. The Morgan fingerprint density at radius 1 is 1.62 bits per heavy atom. The third kappa shape index (κ3) is 1.74. The summed E-state index contributed by atoms with van der Waals surface area (Å²) in [6, 6.07) is 1.83. The first-order valence-corrected chi connectivity index (χ1v) is 4.09. The summed E-state index contributed by atoms with van der Waals surface area (Å²) in [5, 5.41) is 19.2. The molecule has 1 aliphatic carbocycles. The van der Waals surface area contributed by atoms with Crippen LogP contribution < -0.4 is 5.32 Å². The molecule has 1 fully saturated rings. The van der Waals surface area contributed by atoms with Crippen LogP contribution in [0.25, 0.3) is 0 Å². The Morgan fingerprint density at radius 2 is 2.38 bits per heavy atom. The van der Waals surface area contributed by atoms with E-state index in [2.05, 4.69) is 15.5 Å². The summed E-state index contributed by atoms with van der Waals surface area (Å²) >= 11 is 0. The molecule has 1 aromatic heterocycles. The predicted octanol–water partition coefficient (Wildman–Crippen LogP) is 0.749. The monoisotopic (exact) mass is 179 g/mol. The molecule has 68 valence electrons. The average molecular weight is 179 g/mol. The van der Waals surface area contributed by atoms with Crippen LogP contribution in [0.4, 0.5) is 5.82 Å². The third-order valence-corrected chi connectivity index (χ3v) is 1.87. The van der Waals surface area contributed by atoms with E-state index in [1.54, 1.807) is 0 Å². The van der Waals surface area contributed by atoms with Crippen LogP contribution >= 0.6 is 0 Å². The zero-order chi connectivity index (χ0) is 9.26. The van der Waals surface area contributed by atoms with Crippen molar-refractivity contribution in [1.29, 1.82) is 0 Å². The second-order valence-electron chi connectivity index (χ2n) is 3.02. The molecule has 0 aliphatic heterocycles. The number of anilines is 1. The zero-order valence-corrected chi connectivity index (χ0v) is 6.90. The Labute approximate surface area is 74.8 Å². The topological polar surface area (TPSA) is 75.1 Å². The molecule has 2 N–H and O–H groups in total. The van der Waals surface area contributed by atoms with Gasteiger partial charge in [-0.15, -0.1) is 5.10 Å². The Hall–Kier alpha value is -1.65. The van der Waals surface area contributed by atoms with E-state index < -0.39 is 5.97 Å². The highest BCUT2D eigenvalue weighted by molar-refractivity contribution is 5.92. The molecule has 0 bridgehead atoms. The molecular weight excluding hydrogens is 170 g/mol. The summed E-state index contributed by atoms with van der Waals surface area (Å²) in [4.78, 5) is 10.7. The molecule has 5 heteroatoms. The van der Waals surface area contributed by atoms with Gasteiger partial charge < -0.3 is 10.4 Å². The smallest absolute Gasteiger partial charge is 0.339 e. The van der Waals surface area contributed by atoms with Gasteiger partial charge in [0.1, 0.15) is 5.56 Å². The van der Waals surface area contributed by atoms with Crippen molar-refractivity contribution in [2.24, 2.45) is 0 Å². The SMILES string of the molecule is O=C(O)c1ccnnc1NC1CC1. The minimum absolute atomic E-state index is 0.182. The molecule has 1 aliphatic rings. The predicted molar refractivity (Wildman–Crippen MR) is 45.6 cm³/mol. The molecule has 1 heterocycles. The zero-order valence-electron chi connectivity index (χ0n) is 6.90. The van der Waals surface area contributed by atoms with Crippen LogP contribution in [0.1, 0.15) is 23.2 Å². The van der Waals surface area contributed by atoms with Crippen molar-refractivity contribution in [2.75, 3.05) is 5.32 Å². The lowest BCUT2D eigenvalue weighted by atomic mass is 10.3. The Bertz CT molecular complexity index is 336. The lowest BCUT2D eigenvalue weighted by Crippen LogP contribution is -2.10. The van der Waals surface area contributed by atoms with Gasteiger partial charge in [-0.05, 0) is 18.9 Å². The highest BCUT2D eigenvalue weighted by atomic mass is 16.4. The van der Waals surface area contributed by atoms with Crippen molar-refractivity contribution in [3.8, 4) is 0 Å². The molecule has 5 nitrogen and oxygen atoms in total. The first-order chi connectivity index (χ1) is 6.27. The number of carbonyl (C=O) groups is 1. The van der Waals surface area contributed by atoms with Crippen LogP contribution in [0.2, 0.25) is 0 Å². The fraction of sp³-hybridized carbons (Fsp3) is 0.375. The van der Waals surface area contributed by atoms with E-state index in [0.29, 0.717) is 11.9 Å². The maximum Gasteiger partial charge on any atom is 0.339 e. The van der Waals surface area contributed by atoms with Crippen molar-refractivity contribution in [3.63, 3.8) is 0 Å². The van der Waals surface area contributed by atoms with Gasteiger partial charge in [0.05, 0.1) is 6.20 Å². The van der Waals surface area contributed by atoms with Crippen LogP contribution in [0.15, 0.2) is 12.3 Å². The average Bonchev–Trinajstić information content (AvgIpc) is 2.89. The fourth-order valence-corrected chi connectivity index (χ4v) is 1.03. The van der Waals surface area contributed by atoms with Gasteiger partial charge in [0.15, 0.2) is 5.82 Å². The van der Waals surface area contributed by atoms with Crippen molar-refractivity contribution < 1.29 is 9.90 Å². The van der Waals surface area contributed by atoms with Gasteiger partial charge in [-0.3, -0.25) is 0 Å². The molecule has 0 aromatic carbocycles. The number of hydrogen-bond acceptors (Lipinski definition) is 4. The summed E-state index contributed by atoms with van der Waals surface area (Å²) in [5.74, 6) is -0.601. The summed E-state index contributed by atoms with van der Waals surface area (Å²) in [6.45, 7) is 0. The van der Waals surface area contributed by atoms with Crippen LogP contribution in [0.5, 0.6) is 0 Å². The van der Waals surface area contributed by atoms with Crippen LogP contribution in [0.3, 0.4) is 0 Å². The number of aromatic nitrogens is 2. The van der Waals surface area contributed by atoms with E-state index in [4.69, 9.17) is 5.11 Å². The third-order valence-electron chi connectivity index (χ3n) is 1.87. The summed E-state index contributed by atoms with van der Waals surface area (Å²) in [5.41, 5.74) is 0.182. The van der Waals surface area contributed by atoms with Gasteiger partial charge in [-0.1, -0.05) is 0 Å². The number of aromatic carboxylic acids is 1. The summed E-state index contributed by atoms with van der Waals surface area (Å²) in [6.07, 6.45) is 3.53. The van der Waals surface area contributed by atoms with Crippen molar-refractivity contribution in [2.45, 2.75) is 18.9 Å². The van der Waals surface area contributed by atoms with E-state index >= 15 is 0 Å². The number of hydrogen-bond donors (Lipinski definition) is 2. The molecule has 0 unspecified atom stereocenters.